The van der Waals surface area contributed by atoms with Gasteiger partial charge in [-0.2, -0.15) is 0 Å². The van der Waals surface area contributed by atoms with E-state index in [-0.39, 0.29) is 0 Å². The van der Waals surface area contributed by atoms with Crippen LogP contribution in [-0.2, 0) is 0 Å². The van der Waals surface area contributed by atoms with Gasteiger partial charge in [-0.3, -0.25) is 4.79 Å². The molecule has 0 saturated heterocycles. The number of carbonyl (C=O) groups excluding carboxylic acids is 1. The number of rotatable bonds is 4. The summed E-state index contributed by atoms with van der Waals surface area (Å²) in [6.07, 6.45) is 1.49. The molecule has 1 aromatic carbocycles. The Morgan fingerprint density at radius 3 is 2.65 bits per heavy atom. The van der Waals surface area contributed by atoms with Crippen molar-refractivity contribution in [3.63, 3.8) is 0 Å². The van der Waals surface area contributed by atoms with Crippen molar-refractivity contribution in [1.29, 1.82) is 0 Å². The summed E-state index contributed by atoms with van der Waals surface area (Å²) >= 11 is 3.30. The van der Waals surface area contributed by atoms with Gasteiger partial charge in [-0.15, -0.1) is 0 Å². The maximum Gasteiger partial charge on any atom is 0.176 e. The van der Waals surface area contributed by atoms with Gasteiger partial charge in [0.2, 0.25) is 0 Å². The predicted octanol–water partition coefficient (Wildman–Crippen LogP) is 2.65. The van der Waals surface area contributed by atoms with Crippen LogP contribution in [0.5, 0.6) is 11.5 Å². The first-order chi connectivity index (χ1) is 8.26. The molecule has 0 aliphatic rings. The molecule has 0 unspecified atom stereocenters. The standard InChI is InChI=1S/C13H13BrO3/c1-16-12-8-10(9-15)7-11(13(12)17-2)5-3-4-6-14/h7-9H,4,6H2,1-2H3. The van der Waals surface area contributed by atoms with Crippen molar-refractivity contribution in [2.45, 2.75) is 6.42 Å². The third-order valence-electron chi connectivity index (χ3n) is 2.08. The van der Waals surface area contributed by atoms with Crippen LogP contribution in [0.3, 0.4) is 0 Å². The minimum absolute atomic E-state index is 0.514. The Bertz CT molecular complexity index is 458. The number of halogens is 1. The van der Waals surface area contributed by atoms with Crippen molar-refractivity contribution in [2.75, 3.05) is 19.5 Å². The molecular weight excluding hydrogens is 284 g/mol. The van der Waals surface area contributed by atoms with Crippen molar-refractivity contribution in [2.24, 2.45) is 0 Å². The highest BCUT2D eigenvalue weighted by Crippen LogP contribution is 2.31. The van der Waals surface area contributed by atoms with Crippen LogP contribution in [0, 0.1) is 11.8 Å². The highest BCUT2D eigenvalue weighted by molar-refractivity contribution is 9.09. The first kappa shape index (κ1) is 13.6. The average Bonchev–Trinajstić information content (AvgIpc) is 2.37. The molecular formula is C13H13BrO3. The molecule has 0 saturated carbocycles. The molecule has 1 rings (SSSR count). The van der Waals surface area contributed by atoms with Crippen molar-refractivity contribution in [1.82, 2.24) is 0 Å². The fourth-order valence-electron chi connectivity index (χ4n) is 1.35. The molecule has 4 heteroatoms. The molecule has 0 atom stereocenters. The summed E-state index contributed by atoms with van der Waals surface area (Å²) in [7, 11) is 3.08. The number of methoxy groups -OCH3 is 2. The van der Waals surface area contributed by atoms with E-state index >= 15 is 0 Å². The number of alkyl halides is 1. The Balaban J connectivity index is 3.25. The summed E-state index contributed by atoms with van der Waals surface area (Å²) in [5, 5.41) is 0.812. The minimum Gasteiger partial charge on any atom is -0.493 e. The summed E-state index contributed by atoms with van der Waals surface area (Å²) < 4.78 is 10.4. The lowest BCUT2D eigenvalue weighted by Crippen LogP contribution is -1.96. The van der Waals surface area contributed by atoms with Crippen LogP contribution in [-0.4, -0.2) is 25.8 Å². The molecule has 0 spiro atoms. The van der Waals surface area contributed by atoms with Crippen LogP contribution in [0.25, 0.3) is 0 Å². The molecule has 1 aromatic rings. The van der Waals surface area contributed by atoms with Gasteiger partial charge < -0.3 is 9.47 Å². The van der Waals surface area contributed by atoms with Crippen molar-refractivity contribution < 1.29 is 14.3 Å². The van der Waals surface area contributed by atoms with Gasteiger partial charge >= 0.3 is 0 Å². The van der Waals surface area contributed by atoms with Gasteiger partial charge in [-0.1, -0.05) is 27.8 Å². The first-order valence-corrected chi connectivity index (χ1v) is 6.15. The van der Waals surface area contributed by atoms with Crippen LogP contribution >= 0.6 is 15.9 Å². The smallest absolute Gasteiger partial charge is 0.176 e. The highest BCUT2D eigenvalue weighted by Gasteiger charge is 2.10. The molecule has 0 N–H and O–H groups in total. The maximum absolute atomic E-state index is 10.8. The first-order valence-electron chi connectivity index (χ1n) is 5.02. The molecule has 90 valence electrons. The number of aldehydes is 1. The zero-order valence-electron chi connectivity index (χ0n) is 9.75. The third-order valence-corrected chi connectivity index (χ3v) is 2.48. The van der Waals surface area contributed by atoms with Crippen LogP contribution in [0.15, 0.2) is 12.1 Å². The topological polar surface area (TPSA) is 35.5 Å². The van der Waals surface area contributed by atoms with E-state index in [0.717, 1.165) is 18.0 Å². The van der Waals surface area contributed by atoms with E-state index in [1.807, 2.05) is 0 Å². The molecule has 0 heterocycles. The molecule has 0 aliphatic heterocycles. The monoisotopic (exact) mass is 296 g/mol. The van der Waals surface area contributed by atoms with Crippen molar-refractivity contribution in [3.05, 3.63) is 23.3 Å². The van der Waals surface area contributed by atoms with E-state index in [0.29, 0.717) is 22.6 Å². The largest absolute Gasteiger partial charge is 0.493 e. The molecule has 0 aromatic heterocycles. The second-order valence-electron chi connectivity index (χ2n) is 3.16. The summed E-state index contributed by atoms with van der Waals surface area (Å²) in [6.45, 7) is 0. The van der Waals surface area contributed by atoms with Crippen LogP contribution < -0.4 is 9.47 Å². The lowest BCUT2D eigenvalue weighted by Gasteiger charge is -2.10. The number of ether oxygens (including phenoxy) is 2. The van der Waals surface area contributed by atoms with Crippen LogP contribution in [0.2, 0.25) is 0 Å². The summed E-state index contributed by atoms with van der Waals surface area (Å²) in [4.78, 5) is 10.8. The second kappa shape index (κ2) is 6.97. The number of hydrogen-bond acceptors (Lipinski definition) is 3. The Kier molecular flexibility index (Phi) is 5.58. The SMILES string of the molecule is COc1cc(C=O)cc(C#CCCBr)c1OC. The molecule has 3 nitrogen and oxygen atoms in total. The van der Waals surface area contributed by atoms with Crippen molar-refractivity contribution >= 4 is 22.2 Å². The number of carbonyl (C=O) groups is 1. The van der Waals surface area contributed by atoms with E-state index in [9.17, 15) is 4.79 Å². The van der Waals surface area contributed by atoms with Gasteiger partial charge in [0, 0.05) is 17.3 Å². The fraction of sp³-hybridized carbons (Fsp3) is 0.308. The van der Waals surface area contributed by atoms with E-state index in [1.165, 1.54) is 7.11 Å². The molecule has 0 radical (unpaired) electrons. The lowest BCUT2D eigenvalue weighted by atomic mass is 10.1. The fourth-order valence-corrected chi connectivity index (χ4v) is 1.55. The van der Waals surface area contributed by atoms with Gasteiger partial charge in [0.25, 0.3) is 0 Å². The van der Waals surface area contributed by atoms with Crippen molar-refractivity contribution in [3.8, 4) is 23.3 Å². The van der Waals surface area contributed by atoms with Gasteiger partial charge in [-0.25, -0.2) is 0 Å². The summed E-state index contributed by atoms with van der Waals surface area (Å²) in [5.41, 5.74) is 1.18. The van der Waals surface area contributed by atoms with E-state index in [1.54, 1.807) is 19.2 Å². The quantitative estimate of drug-likeness (QED) is 0.487. The molecule has 0 fully saturated rings. The Morgan fingerprint density at radius 2 is 2.12 bits per heavy atom. The van der Waals surface area contributed by atoms with Crippen LogP contribution in [0.4, 0.5) is 0 Å². The van der Waals surface area contributed by atoms with E-state index in [2.05, 4.69) is 27.8 Å². The second-order valence-corrected chi connectivity index (χ2v) is 3.96. The Morgan fingerprint density at radius 1 is 1.35 bits per heavy atom. The zero-order chi connectivity index (χ0) is 12.7. The van der Waals surface area contributed by atoms with Gasteiger partial charge in [0.1, 0.15) is 6.29 Å². The predicted molar refractivity (Wildman–Crippen MR) is 70.2 cm³/mol. The number of hydrogen-bond donors (Lipinski definition) is 0. The molecule has 0 bridgehead atoms. The Labute approximate surface area is 109 Å². The average molecular weight is 297 g/mol. The lowest BCUT2D eigenvalue weighted by molar-refractivity contribution is 0.112. The van der Waals surface area contributed by atoms with Gasteiger partial charge in [0.15, 0.2) is 11.5 Å². The summed E-state index contributed by atoms with van der Waals surface area (Å²) in [5.74, 6) is 7.02. The molecule has 0 amide bonds. The minimum atomic E-state index is 0.514. The number of benzene rings is 1. The van der Waals surface area contributed by atoms with E-state index < -0.39 is 0 Å². The molecule has 17 heavy (non-hydrogen) atoms. The van der Waals surface area contributed by atoms with Gasteiger partial charge in [0.05, 0.1) is 19.8 Å². The van der Waals surface area contributed by atoms with Crippen LogP contribution in [0.1, 0.15) is 22.3 Å². The normalized spacial score (nSPS) is 9.12. The Hall–Kier alpha value is -1.47. The van der Waals surface area contributed by atoms with Gasteiger partial charge in [-0.05, 0) is 12.1 Å². The van der Waals surface area contributed by atoms with E-state index in [4.69, 9.17) is 9.47 Å². The maximum atomic E-state index is 10.8. The highest BCUT2D eigenvalue weighted by atomic mass is 79.9. The molecule has 0 aliphatic carbocycles. The third kappa shape index (κ3) is 3.50. The summed E-state index contributed by atoms with van der Waals surface area (Å²) in [6, 6.07) is 3.32. The zero-order valence-corrected chi connectivity index (χ0v) is 11.3.